The standard InChI is InChI=1S/C14H10FN3O2.Na.H/c1-8-5-11(9-3-2-4-10(15)6-9)17-18-12(8)7-16-13(18)14(19)20;;/h2-7H,1H3,(H,19,20);;. The fraction of sp³-hybridized carbons (Fsp3) is 0.0714. The molecule has 0 fully saturated rings. The SMILES string of the molecule is Cc1cc(-c2cccc(F)c2)nn2c(C(=O)O)ncc12.[NaH]. The second-order valence-corrected chi connectivity index (χ2v) is 4.41. The van der Waals surface area contributed by atoms with Crippen LogP contribution in [0.5, 0.6) is 0 Å². The summed E-state index contributed by atoms with van der Waals surface area (Å²) in [6.45, 7) is 1.83. The number of halogens is 1. The Morgan fingerprint density at radius 3 is 2.76 bits per heavy atom. The van der Waals surface area contributed by atoms with Crippen molar-refractivity contribution >= 4 is 41.0 Å². The van der Waals surface area contributed by atoms with Crippen LogP contribution in [0.2, 0.25) is 0 Å². The van der Waals surface area contributed by atoms with Gasteiger partial charge in [-0.2, -0.15) is 5.10 Å². The van der Waals surface area contributed by atoms with Crippen molar-refractivity contribution in [3.8, 4) is 11.3 Å². The van der Waals surface area contributed by atoms with E-state index in [1.54, 1.807) is 18.2 Å². The number of carbonyl (C=O) groups is 1. The van der Waals surface area contributed by atoms with Crippen molar-refractivity contribution in [2.75, 3.05) is 0 Å². The van der Waals surface area contributed by atoms with Gasteiger partial charge in [0.25, 0.3) is 0 Å². The van der Waals surface area contributed by atoms with E-state index < -0.39 is 5.97 Å². The molecule has 0 amide bonds. The van der Waals surface area contributed by atoms with Crippen molar-refractivity contribution in [2.24, 2.45) is 0 Å². The summed E-state index contributed by atoms with van der Waals surface area (Å²) >= 11 is 0. The van der Waals surface area contributed by atoms with Crippen molar-refractivity contribution in [2.45, 2.75) is 6.92 Å². The zero-order valence-electron chi connectivity index (χ0n) is 10.5. The van der Waals surface area contributed by atoms with Crippen molar-refractivity contribution in [1.29, 1.82) is 0 Å². The van der Waals surface area contributed by atoms with Gasteiger partial charge in [-0.3, -0.25) is 0 Å². The second kappa shape index (κ2) is 5.93. The summed E-state index contributed by atoms with van der Waals surface area (Å²) in [6.07, 6.45) is 1.46. The fourth-order valence-electron chi connectivity index (χ4n) is 2.07. The van der Waals surface area contributed by atoms with Gasteiger partial charge in [0.1, 0.15) is 5.82 Å². The molecule has 102 valence electrons. The van der Waals surface area contributed by atoms with E-state index in [2.05, 4.69) is 10.1 Å². The normalized spacial score (nSPS) is 10.4. The fourth-order valence-corrected chi connectivity index (χ4v) is 2.07. The molecule has 3 rings (SSSR count). The first-order valence-corrected chi connectivity index (χ1v) is 5.91. The van der Waals surface area contributed by atoms with E-state index >= 15 is 0 Å². The minimum atomic E-state index is -1.16. The van der Waals surface area contributed by atoms with Crippen LogP contribution in [0.1, 0.15) is 16.2 Å². The van der Waals surface area contributed by atoms with Crippen LogP contribution >= 0.6 is 0 Å². The summed E-state index contributed by atoms with van der Waals surface area (Å²) < 4.78 is 14.5. The number of carboxylic acids is 1. The Kier molecular flexibility index (Phi) is 4.41. The molecule has 2 heterocycles. The van der Waals surface area contributed by atoms with Gasteiger partial charge in [0.2, 0.25) is 5.82 Å². The van der Waals surface area contributed by atoms with Crippen LogP contribution in [0.25, 0.3) is 16.8 Å². The molecule has 0 aliphatic heterocycles. The number of aryl methyl sites for hydroxylation is 1. The van der Waals surface area contributed by atoms with Gasteiger partial charge in [0, 0.05) is 5.56 Å². The zero-order chi connectivity index (χ0) is 14.3. The van der Waals surface area contributed by atoms with Gasteiger partial charge in [-0.1, -0.05) is 12.1 Å². The van der Waals surface area contributed by atoms with Crippen molar-refractivity contribution in [3.05, 3.63) is 53.7 Å². The van der Waals surface area contributed by atoms with Crippen LogP contribution in [0, 0.1) is 12.7 Å². The van der Waals surface area contributed by atoms with E-state index in [9.17, 15) is 9.18 Å². The molecule has 0 atom stereocenters. The van der Waals surface area contributed by atoms with Crippen LogP contribution in [0.15, 0.2) is 36.5 Å². The number of fused-ring (bicyclic) bond motifs is 1. The first kappa shape index (κ1) is 15.6. The van der Waals surface area contributed by atoms with E-state index in [4.69, 9.17) is 5.11 Å². The van der Waals surface area contributed by atoms with Gasteiger partial charge in [0.05, 0.1) is 17.4 Å². The van der Waals surface area contributed by atoms with E-state index in [0.717, 1.165) is 5.56 Å². The van der Waals surface area contributed by atoms with E-state index in [-0.39, 0.29) is 41.2 Å². The molecular weight excluding hydrogens is 284 g/mol. The molecule has 21 heavy (non-hydrogen) atoms. The second-order valence-electron chi connectivity index (χ2n) is 4.41. The maximum atomic E-state index is 13.3. The molecule has 1 N–H and O–H groups in total. The molecule has 5 nitrogen and oxygen atoms in total. The number of nitrogens with zero attached hydrogens (tertiary/aromatic N) is 3. The molecule has 0 radical (unpaired) electrons. The molecule has 2 aromatic heterocycles. The number of carboxylic acid groups (broad SMARTS) is 1. The van der Waals surface area contributed by atoms with Gasteiger partial charge in [-0.15, -0.1) is 0 Å². The molecule has 0 saturated carbocycles. The van der Waals surface area contributed by atoms with Crippen LogP contribution in [-0.2, 0) is 0 Å². The molecule has 7 heteroatoms. The summed E-state index contributed by atoms with van der Waals surface area (Å²) in [6, 6.07) is 7.77. The van der Waals surface area contributed by atoms with Gasteiger partial charge >= 0.3 is 35.5 Å². The number of imidazole rings is 1. The Balaban J connectivity index is 0.00000161. The molecule has 1 aromatic carbocycles. The monoisotopic (exact) mass is 295 g/mol. The van der Waals surface area contributed by atoms with Crippen molar-refractivity contribution in [3.63, 3.8) is 0 Å². The average molecular weight is 295 g/mol. The Labute approximate surface area is 141 Å². The summed E-state index contributed by atoms with van der Waals surface area (Å²) in [7, 11) is 0. The first-order valence-electron chi connectivity index (χ1n) is 5.91. The third-order valence-corrected chi connectivity index (χ3v) is 3.01. The molecule has 0 saturated heterocycles. The van der Waals surface area contributed by atoms with Crippen LogP contribution < -0.4 is 0 Å². The third-order valence-electron chi connectivity index (χ3n) is 3.01. The molecule has 0 aliphatic carbocycles. The topological polar surface area (TPSA) is 67.5 Å². The summed E-state index contributed by atoms with van der Waals surface area (Å²) in [5, 5.41) is 13.3. The van der Waals surface area contributed by atoms with E-state index in [0.29, 0.717) is 16.8 Å². The summed E-state index contributed by atoms with van der Waals surface area (Å²) in [5.74, 6) is -1.69. The van der Waals surface area contributed by atoms with Crippen molar-refractivity contribution in [1.82, 2.24) is 14.6 Å². The number of benzene rings is 1. The zero-order valence-corrected chi connectivity index (χ0v) is 10.5. The first-order chi connectivity index (χ1) is 9.56. The number of hydrogen-bond acceptors (Lipinski definition) is 3. The summed E-state index contributed by atoms with van der Waals surface area (Å²) in [4.78, 5) is 14.9. The average Bonchev–Trinajstić information content (AvgIpc) is 2.83. The number of aromatic nitrogens is 3. The van der Waals surface area contributed by atoms with Crippen LogP contribution in [0.3, 0.4) is 0 Å². The van der Waals surface area contributed by atoms with Crippen molar-refractivity contribution < 1.29 is 14.3 Å². The Bertz CT molecular complexity index is 832. The van der Waals surface area contributed by atoms with Crippen LogP contribution in [0.4, 0.5) is 4.39 Å². The molecule has 0 unspecified atom stereocenters. The maximum absolute atomic E-state index is 13.3. The van der Waals surface area contributed by atoms with E-state index in [1.807, 2.05) is 6.92 Å². The quantitative estimate of drug-likeness (QED) is 0.733. The van der Waals surface area contributed by atoms with Gasteiger partial charge < -0.3 is 5.11 Å². The Morgan fingerprint density at radius 2 is 2.10 bits per heavy atom. The Morgan fingerprint density at radius 1 is 1.33 bits per heavy atom. The number of hydrogen-bond donors (Lipinski definition) is 1. The molecule has 0 aliphatic rings. The number of rotatable bonds is 2. The van der Waals surface area contributed by atoms with Crippen LogP contribution in [-0.4, -0.2) is 55.2 Å². The Hall–Kier alpha value is -1.76. The van der Waals surface area contributed by atoms with E-state index in [1.165, 1.54) is 22.8 Å². The molecule has 0 spiro atoms. The predicted octanol–water partition coefficient (Wildman–Crippen LogP) is 1.89. The summed E-state index contributed by atoms with van der Waals surface area (Å²) in [5.41, 5.74) is 2.51. The molecule has 0 bridgehead atoms. The predicted molar refractivity (Wildman–Crippen MR) is 77.2 cm³/mol. The molecule has 3 aromatic rings. The van der Waals surface area contributed by atoms with Gasteiger partial charge in [0.15, 0.2) is 0 Å². The number of aromatic carboxylic acids is 1. The minimum absolute atomic E-state index is 0. The third kappa shape index (κ3) is 2.83. The van der Waals surface area contributed by atoms with Gasteiger partial charge in [-0.25, -0.2) is 18.7 Å². The molecular formula is C14H11FN3NaO2. The van der Waals surface area contributed by atoms with Gasteiger partial charge in [-0.05, 0) is 30.7 Å².